The number of nitrogens with zero attached hydrogens (tertiary/aromatic N) is 3. The van der Waals surface area contributed by atoms with E-state index in [0.29, 0.717) is 6.04 Å². The summed E-state index contributed by atoms with van der Waals surface area (Å²) in [6.45, 7) is 6.16. The number of aromatic nitrogens is 2. The minimum absolute atomic E-state index is 0.708. The van der Waals surface area contributed by atoms with Crippen LogP contribution in [0.2, 0.25) is 0 Å². The molecular formula is C11H18N4. The lowest BCUT2D eigenvalue weighted by atomic mass is 10.4. The highest BCUT2D eigenvalue weighted by Gasteiger charge is 2.28. The van der Waals surface area contributed by atoms with Crippen LogP contribution in [-0.4, -0.2) is 29.1 Å². The van der Waals surface area contributed by atoms with Crippen molar-refractivity contribution >= 4 is 11.6 Å². The van der Waals surface area contributed by atoms with Crippen LogP contribution in [0.1, 0.15) is 26.7 Å². The molecule has 0 bridgehead atoms. The normalized spacial score (nSPS) is 15.1. The van der Waals surface area contributed by atoms with E-state index >= 15 is 0 Å². The summed E-state index contributed by atoms with van der Waals surface area (Å²) >= 11 is 0. The smallest absolute Gasteiger partial charge is 0.134 e. The highest BCUT2D eigenvalue weighted by atomic mass is 15.2. The van der Waals surface area contributed by atoms with Gasteiger partial charge in [-0.1, -0.05) is 0 Å². The first-order valence-corrected chi connectivity index (χ1v) is 5.67. The van der Waals surface area contributed by atoms with Gasteiger partial charge in [-0.2, -0.15) is 0 Å². The molecule has 1 saturated carbocycles. The van der Waals surface area contributed by atoms with Gasteiger partial charge in [-0.15, -0.1) is 0 Å². The minimum atomic E-state index is 0.708. The SMILES string of the molecule is CCNc1cc(N(CC)C2CC2)ncn1. The van der Waals surface area contributed by atoms with Crippen LogP contribution in [0.3, 0.4) is 0 Å². The molecule has 4 nitrogen and oxygen atoms in total. The molecule has 0 unspecified atom stereocenters. The number of nitrogens with one attached hydrogen (secondary N) is 1. The Morgan fingerprint density at radius 2 is 2.20 bits per heavy atom. The molecule has 4 heteroatoms. The molecule has 15 heavy (non-hydrogen) atoms. The molecule has 1 aliphatic rings. The number of anilines is 2. The van der Waals surface area contributed by atoms with Crippen molar-refractivity contribution in [2.45, 2.75) is 32.7 Å². The van der Waals surface area contributed by atoms with E-state index in [0.717, 1.165) is 24.7 Å². The maximum atomic E-state index is 4.33. The second kappa shape index (κ2) is 4.47. The summed E-state index contributed by atoms with van der Waals surface area (Å²) in [7, 11) is 0. The van der Waals surface area contributed by atoms with Gasteiger partial charge in [0.1, 0.15) is 18.0 Å². The third-order valence-corrected chi connectivity index (χ3v) is 2.63. The summed E-state index contributed by atoms with van der Waals surface area (Å²) in [6, 6.07) is 2.74. The maximum Gasteiger partial charge on any atom is 0.134 e. The molecule has 0 saturated heterocycles. The summed E-state index contributed by atoms with van der Waals surface area (Å²) in [6.07, 6.45) is 4.24. The van der Waals surface area contributed by atoms with Crippen LogP contribution in [0.25, 0.3) is 0 Å². The summed E-state index contributed by atoms with van der Waals surface area (Å²) in [5.74, 6) is 1.97. The van der Waals surface area contributed by atoms with Crippen molar-refractivity contribution in [2.24, 2.45) is 0 Å². The van der Waals surface area contributed by atoms with Crippen molar-refractivity contribution in [3.05, 3.63) is 12.4 Å². The molecule has 1 aliphatic carbocycles. The number of rotatable bonds is 5. The van der Waals surface area contributed by atoms with Gasteiger partial charge in [-0.05, 0) is 26.7 Å². The van der Waals surface area contributed by atoms with E-state index in [-0.39, 0.29) is 0 Å². The fourth-order valence-electron chi connectivity index (χ4n) is 1.78. The topological polar surface area (TPSA) is 41.0 Å². The van der Waals surface area contributed by atoms with E-state index in [1.54, 1.807) is 6.33 Å². The van der Waals surface area contributed by atoms with E-state index < -0.39 is 0 Å². The maximum absolute atomic E-state index is 4.33. The zero-order valence-corrected chi connectivity index (χ0v) is 9.40. The number of hydrogen-bond acceptors (Lipinski definition) is 4. The van der Waals surface area contributed by atoms with Crippen molar-refractivity contribution in [1.82, 2.24) is 9.97 Å². The minimum Gasteiger partial charge on any atom is -0.370 e. The van der Waals surface area contributed by atoms with Gasteiger partial charge in [0.2, 0.25) is 0 Å². The lowest BCUT2D eigenvalue weighted by Crippen LogP contribution is -2.26. The van der Waals surface area contributed by atoms with Crippen LogP contribution in [0.5, 0.6) is 0 Å². The molecule has 2 rings (SSSR count). The molecule has 0 aliphatic heterocycles. The first-order valence-electron chi connectivity index (χ1n) is 5.67. The van der Waals surface area contributed by atoms with Gasteiger partial charge in [0.05, 0.1) is 0 Å². The van der Waals surface area contributed by atoms with Crippen molar-refractivity contribution < 1.29 is 0 Å². The largest absolute Gasteiger partial charge is 0.370 e. The molecule has 1 aromatic heterocycles. The molecule has 1 heterocycles. The summed E-state index contributed by atoms with van der Waals surface area (Å²) in [5.41, 5.74) is 0. The molecule has 1 aromatic rings. The van der Waals surface area contributed by atoms with Crippen LogP contribution in [0, 0.1) is 0 Å². The second-order valence-corrected chi connectivity index (χ2v) is 3.81. The Morgan fingerprint density at radius 1 is 1.40 bits per heavy atom. The van der Waals surface area contributed by atoms with E-state index in [4.69, 9.17) is 0 Å². The van der Waals surface area contributed by atoms with Crippen molar-refractivity contribution in [3.63, 3.8) is 0 Å². The number of hydrogen-bond donors (Lipinski definition) is 1. The van der Waals surface area contributed by atoms with Gasteiger partial charge in [-0.3, -0.25) is 0 Å². The quantitative estimate of drug-likeness (QED) is 0.799. The third kappa shape index (κ3) is 2.37. The van der Waals surface area contributed by atoms with Crippen LogP contribution < -0.4 is 10.2 Å². The first kappa shape index (κ1) is 10.2. The molecular weight excluding hydrogens is 188 g/mol. The van der Waals surface area contributed by atoms with Gasteiger partial charge in [0.25, 0.3) is 0 Å². The standard InChI is InChI=1S/C11H18N4/c1-3-12-10-7-11(14-8-13-10)15(4-2)9-5-6-9/h7-9H,3-6H2,1-2H3,(H,12,13,14). The summed E-state index contributed by atoms with van der Waals surface area (Å²) in [5, 5.41) is 3.21. The molecule has 0 aromatic carbocycles. The van der Waals surface area contributed by atoms with Crippen molar-refractivity contribution in [2.75, 3.05) is 23.3 Å². The Hall–Kier alpha value is -1.32. The Bertz CT molecular complexity index is 322. The lowest BCUT2D eigenvalue weighted by molar-refractivity contribution is 0.805. The molecule has 1 N–H and O–H groups in total. The lowest BCUT2D eigenvalue weighted by Gasteiger charge is -2.21. The second-order valence-electron chi connectivity index (χ2n) is 3.81. The summed E-state index contributed by atoms with van der Waals surface area (Å²) in [4.78, 5) is 10.9. The van der Waals surface area contributed by atoms with Gasteiger partial charge in [-0.25, -0.2) is 9.97 Å². The van der Waals surface area contributed by atoms with Gasteiger partial charge < -0.3 is 10.2 Å². The fourth-order valence-corrected chi connectivity index (χ4v) is 1.78. The van der Waals surface area contributed by atoms with Crippen molar-refractivity contribution in [3.8, 4) is 0 Å². The average Bonchev–Trinajstić information content (AvgIpc) is 3.04. The fraction of sp³-hybridized carbons (Fsp3) is 0.636. The zero-order chi connectivity index (χ0) is 10.7. The monoisotopic (exact) mass is 206 g/mol. The van der Waals surface area contributed by atoms with Crippen molar-refractivity contribution in [1.29, 1.82) is 0 Å². The average molecular weight is 206 g/mol. The van der Waals surface area contributed by atoms with Gasteiger partial charge in [0, 0.05) is 25.2 Å². The van der Waals surface area contributed by atoms with Crippen LogP contribution in [0.4, 0.5) is 11.6 Å². The van der Waals surface area contributed by atoms with E-state index in [2.05, 4.69) is 34.0 Å². The van der Waals surface area contributed by atoms with E-state index in [1.807, 2.05) is 6.07 Å². The van der Waals surface area contributed by atoms with E-state index in [1.165, 1.54) is 12.8 Å². The molecule has 0 spiro atoms. The zero-order valence-electron chi connectivity index (χ0n) is 9.40. The Morgan fingerprint density at radius 3 is 2.80 bits per heavy atom. The molecule has 0 amide bonds. The van der Waals surface area contributed by atoms with Gasteiger partial charge >= 0.3 is 0 Å². The molecule has 1 fully saturated rings. The Labute approximate surface area is 90.7 Å². The molecule has 82 valence electrons. The molecule has 0 radical (unpaired) electrons. The summed E-state index contributed by atoms with van der Waals surface area (Å²) < 4.78 is 0. The van der Waals surface area contributed by atoms with Gasteiger partial charge in [0.15, 0.2) is 0 Å². The first-order chi connectivity index (χ1) is 7.35. The predicted molar refractivity (Wildman–Crippen MR) is 62.2 cm³/mol. The predicted octanol–water partition coefficient (Wildman–Crippen LogP) is 1.90. The van der Waals surface area contributed by atoms with E-state index in [9.17, 15) is 0 Å². The van der Waals surface area contributed by atoms with Crippen LogP contribution >= 0.6 is 0 Å². The Balaban J connectivity index is 2.14. The van der Waals surface area contributed by atoms with Crippen LogP contribution in [0.15, 0.2) is 12.4 Å². The Kier molecular flexibility index (Phi) is 3.04. The third-order valence-electron chi connectivity index (χ3n) is 2.63. The van der Waals surface area contributed by atoms with Crippen LogP contribution in [-0.2, 0) is 0 Å². The molecule has 0 atom stereocenters. The highest BCUT2D eigenvalue weighted by Crippen LogP contribution is 2.30. The highest BCUT2D eigenvalue weighted by molar-refractivity contribution is 5.49.